The molecule has 34 nitrogen and oxygen atoms in total. The van der Waals surface area contributed by atoms with Crippen LogP contribution in [0.2, 0.25) is 0 Å². The summed E-state index contributed by atoms with van der Waals surface area (Å²) in [7, 11) is 0. The lowest BCUT2D eigenvalue weighted by atomic mass is 9.89. The summed E-state index contributed by atoms with van der Waals surface area (Å²) in [4.78, 5) is 172. The molecule has 0 rings (SSSR count). The van der Waals surface area contributed by atoms with Crippen molar-refractivity contribution >= 4 is 82.5 Å². The van der Waals surface area contributed by atoms with Crippen LogP contribution in [0.1, 0.15) is 438 Å². The fraction of sp³-hybridized carbons (Fsp3) is 0.879. The molecule has 0 fully saturated rings. The second kappa shape index (κ2) is 66.9. The molecule has 0 aromatic heterocycles. The van der Waals surface area contributed by atoms with E-state index in [1.165, 1.54) is 0 Å². The van der Waals surface area contributed by atoms with Gasteiger partial charge < -0.3 is 105 Å². The van der Waals surface area contributed by atoms with E-state index < -0.39 is 36.3 Å². The number of ether oxygens (including phenoxy) is 2. The van der Waals surface area contributed by atoms with Crippen molar-refractivity contribution in [2.45, 2.75) is 519 Å². The number of nitrogens with one attached hydrogen (secondary N) is 18. The summed E-state index contributed by atoms with van der Waals surface area (Å²) >= 11 is 0. The highest BCUT2D eigenvalue weighted by Crippen LogP contribution is 2.26. The maximum absolute atomic E-state index is 12.5. The lowest BCUT2D eigenvalue weighted by Crippen LogP contribution is -2.55. The third-order valence-corrected chi connectivity index (χ3v) is 19.8. The Morgan fingerprint density at radius 3 is 0.480 bits per heavy atom. The molecule has 884 valence electrons. The van der Waals surface area contributed by atoms with Gasteiger partial charge in [-0.1, -0.05) is 208 Å². The minimum Gasteiger partial charge on any atom is -0.374 e. The van der Waals surface area contributed by atoms with Crippen LogP contribution < -0.4 is 95.7 Å². The van der Waals surface area contributed by atoms with Crippen molar-refractivity contribution in [1.82, 2.24) is 95.7 Å². The second-order valence-corrected chi connectivity index (χ2v) is 60.6. The monoisotopic (exact) mass is 2140 g/mol. The molecule has 150 heavy (non-hydrogen) atoms. The van der Waals surface area contributed by atoms with Gasteiger partial charge >= 0.3 is 0 Å². The molecule has 0 spiro atoms. The highest BCUT2D eigenvalue weighted by molar-refractivity contribution is 5.94. The van der Waals surface area contributed by atoms with E-state index in [1.54, 1.807) is 0 Å². The van der Waals surface area contributed by atoms with Crippen molar-refractivity contribution in [1.29, 1.82) is 0 Å². The highest BCUT2D eigenvalue weighted by Gasteiger charge is 2.35. The number of hydrogen-bond donors (Lipinski definition) is 18. The molecular formula is C116H234N18O16. The molecule has 0 saturated heterocycles. The SMILES string of the molecule is CC(C)(C)CC(=O)N[C@@H](CNC(C)(C)C)C(=O)NCCOC(C)(C)C.CC(C)(C)CC(=O)N[C@@H](CNC(C)(C)C)C(=O)NCCOC(C)(C)C.CC(C)(C)CCC(=O)CNC(=O)[C@H](CNC(C)(C)C)NC(=O)CC(C)(C)C.CC(C)(C)CCC(=O)CNC(=O)[C@H](CNC(C)(C)C)NC(=O)CC(C)(C)C.CC(C)(C)CNC(=O)[C@H](CNC(C)(C)C)NC(=O)CC(C)(C)C.CC(C)(C)CNC(=O)[C@H](CNC(C)(C)C)NC(=O)CC(C)(C)C. The molecule has 0 aliphatic heterocycles. The largest absolute Gasteiger partial charge is 0.374 e. The van der Waals surface area contributed by atoms with Crippen LogP contribution in [-0.4, -0.2) is 255 Å². The van der Waals surface area contributed by atoms with Gasteiger partial charge in [-0.2, -0.15) is 0 Å². The van der Waals surface area contributed by atoms with E-state index >= 15 is 0 Å². The maximum Gasteiger partial charge on any atom is 0.244 e. The van der Waals surface area contributed by atoms with Gasteiger partial charge in [-0.05, 0) is 233 Å². The minimum absolute atomic E-state index is 0.00169. The number of amides is 12. The van der Waals surface area contributed by atoms with Gasteiger partial charge in [0.15, 0.2) is 11.6 Å². The number of rotatable bonds is 46. The number of carbonyl (C=O) groups excluding carboxylic acids is 14. The van der Waals surface area contributed by atoms with Crippen LogP contribution in [0.5, 0.6) is 0 Å². The second-order valence-electron chi connectivity index (χ2n) is 60.6. The average molecular weight is 2140 g/mol. The standard InChI is InChI=1S/2C21H41N3O3.2C19H39N3O3.2C18H37N3O2/c2*1-19(2,3)11-10-15(25)13-22-18(27)16(14-23-21(7,8)9)24-17(26)12-20(4,5)6;2*1-17(2,3)12-15(23)22-14(13-21-18(4,5)6)16(24)20-10-11-25-19(7,8)9;2*1-16(2,3)10-14(22)21-13(11-20-18(7,8)9)15(23)19-12-17(4,5)6/h2*16,23H,10-14H2,1-9H3,(H,22,27)(H,24,26);2*14,21H,10-13H2,1-9H3,(H,20,24)(H,22,23);2*13,20H,10-12H2,1-9H3,(H,19,23)(H,21,22)/t2*16-;2*14-;2*13-/m000000/s1. The zero-order valence-corrected chi connectivity index (χ0v) is 106. The van der Waals surface area contributed by atoms with Gasteiger partial charge in [0, 0.05) is 150 Å². The first-order chi connectivity index (χ1) is 66.3. The number of carbonyl (C=O) groups is 14. The van der Waals surface area contributed by atoms with Crippen molar-refractivity contribution in [2.75, 3.05) is 91.8 Å². The molecule has 0 saturated carbocycles. The van der Waals surface area contributed by atoms with Crippen LogP contribution in [0, 0.1) is 54.1 Å². The highest BCUT2D eigenvalue weighted by atomic mass is 16.5. The summed E-state index contributed by atoms with van der Waals surface area (Å²) in [6.07, 6.45) is 4.62. The predicted octanol–water partition coefficient (Wildman–Crippen LogP) is 15.0. The first kappa shape index (κ1) is 153. The Morgan fingerprint density at radius 2 is 0.347 bits per heavy atom. The molecule has 18 N–H and O–H groups in total. The van der Waals surface area contributed by atoms with Crippen molar-refractivity contribution < 1.29 is 76.6 Å². The van der Waals surface area contributed by atoms with E-state index in [2.05, 4.69) is 179 Å². The number of ketones is 2. The summed E-state index contributed by atoms with van der Waals surface area (Å²) < 4.78 is 11.2. The topological polar surface area (TPSA) is 474 Å². The van der Waals surface area contributed by atoms with Crippen LogP contribution in [0.4, 0.5) is 0 Å². The summed E-state index contributed by atoms with van der Waals surface area (Å²) in [6, 6.07) is -3.77. The third-order valence-electron chi connectivity index (χ3n) is 19.8. The Labute approximate surface area is 914 Å². The van der Waals surface area contributed by atoms with Crippen molar-refractivity contribution in [3.63, 3.8) is 0 Å². The van der Waals surface area contributed by atoms with E-state index in [9.17, 15) is 67.1 Å². The Balaban J connectivity index is -0.000000415. The molecule has 12 amide bonds. The van der Waals surface area contributed by atoms with Crippen LogP contribution in [0.15, 0.2) is 0 Å². The van der Waals surface area contributed by atoms with Crippen LogP contribution in [0.3, 0.4) is 0 Å². The number of hydrogen-bond acceptors (Lipinski definition) is 22. The summed E-state index contributed by atoms with van der Waals surface area (Å²) in [5, 5.41) is 53.6. The zero-order chi connectivity index (χ0) is 120. The zero-order valence-electron chi connectivity index (χ0n) is 106. The minimum atomic E-state index is -0.713. The Bertz CT molecular complexity index is 3730. The lowest BCUT2D eigenvalue weighted by Gasteiger charge is -2.28. The third kappa shape index (κ3) is 112. The Morgan fingerprint density at radius 1 is 0.193 bits per heavy atom. The maximum atomic E-state index is 12.5. The molecule has 0 aromatic rings. The van der Waals surface area contributed by atoms with E-state index in [1.807, 2.05) is 291 Å². The molecule has 0 aliphatic carbocycles. The van der Waals surface area contributed by atoms with Gasteiger partial charge in [0.05, 0.1) is 37.5 Å². The molecule has 0 heterocycles. The Kier molecular flexibility index (Phi) is 68.4. The summed E-state index contributed by atoms with van der Waals surface area (Å²) in [5.41, 5.74) is -1.94. The van der Waals surface area contributed by atoms with Crippen molar-refractivity contribution in [3.8, 4) is 0 Å². The molecule has 0 radical (unpaired) electrons. The van der Waals surface area contributed by atoms with Gasteiger partial charge in [-0.15, -0.1) is 0 Å². The van der Waals surface area contributed by atoms with Crippen LogP contribution >= 0.6 is 0 Å². The van der Waals surface area contributed by atoms with Crippen molar-refractivity contribution in [3.05, 3.63) is 0 Å². The van der Waals surface area contributed by atoms with Gasteiger partial charge in [-0.25, -0.2) is 0 Å². The molecule has 0 unspecified atom stereocenters. The van der Waals surface area contributed by atoms with Crippen molar-refractivity contribution in [2.24, 2.45) is 54.1 Å². The first-order valence-corrected chi connectivity index (χ1v) is 54.6. The molecule has 0 bridgehead atoms. The quantitative estimate of drug-likeness (QED) is 0.0252. The van der Waals surface area contributed by atoms with Gasteiger partial charge in [0.1, 0.15) is 36.3 Å². The fourth-order valence-electron chi connectivity index (χ4n) is 12.2. The predicted molar refractivity (Wildman–Crippen MR) is 618 cm³/mol. The molecule has 34 heteroatoms. The van der Waals surface area contributed by atoms with Crippen LogP contribution in [-0.2, 0) is 76.6 Å². The normalized spacial score (nSPS) is 14.1. The van der Waals surface area contributed by atoms with E-state index in [0.717, 1.165) is 12.8 Å². The summed E-state index contributed by atoms with van der Waals surface area (Å²) in [5.74, 6) is -2.10. The molecule has 0 aliphatic rings. The lowest BCUT2D eigenvalue weighted by molar-refractivity contribution is -0.130. The molecule has 0 aromatic carbocycles. The first-order valence-electron chi connectivity index (χ1n) is 54.6. The van der Waals surface area contributed by atoms with Gasteiger partial charge in [0.2, 0.25) is 70.9 Å². The smallest absolute Gasteiger partial charge is 0.244 e. The molecule has 6 atom stereocenters. The molecular weight excluding hydrogens is 1900 g/mol. The van der Waals surface area contributed by atoms with Gasteiger partial charge in [-0.3, -0.25) is 67.1 Å². The number of Topliss-reactive ketones (excluding diaryl/α,β-unsaturated/α-hetero) is 2. The van der Waals surface area contributed by atoms with Gasteiger partial charge in [0.25, 0.3) is 0 Å². The fourth-order valence-corrected chi connectivity index (χ4v) is 12.2. The van der Waals surface area contributed by atoms with E-state index in [4.69, 9.17) is 9.47 Å². The Hall–Kier alpha value is -7.34. The van der Waals surface area contributed by atoms with E-state index in [0.29, 0.717) is 130 Å². The average Bonchev–Trinajstić information content (AvgIpc) is 0.928. The van der Waals surface area contributed by atoms with Crippen LogP contribution in [0.25, 0.3) is 0 Å². The van der Waals surface area contributed by atoms with E-state index in [-0.39, 0.29) is 194 Å². The summed E-state index contributed by atoms with van der Waals surface area (Å²) in [6.45, 7) is 114.